The molecule has 0 aliphatic carbocycles. The Morgan fingerprint density at radius 2 is 1.34 bits per heavy atom. The van der Waals surface area contributed by atoms with Gasteiger partial charge in [0, 0.05) is 32.4 Å². The summed E-state index contributed by atoms with van der Waals surface area (Å²) >= 11 is 1.57. The molecule has 0 saturated carbocycles. The monoisotopic (exact) mass is 455 g/mol. The number of hydrogen-bond donors (Lipinski definition) is 1. The van der Waals surface area contributed by atoms with Gasteiger partial charge in [0.2, 0.25) is 0 Å². The normalized spacial score (nSPS) is 17.4. The highest BCUT2D eigenvalue weighted by atomic mass is 32.2. The molecule has 1 N–H and O–H groups in total. The molecule has 32 heavy (non-hydrogen) atoms. The van der Waals surface area contributed by atoms with Gasteiger partial charge < -0.3 is 5.11 Å². The third-order valence-electron chi connectivity index (χ3n) is 5.74. The molecular formula is C25H27F2N3OS. The highest BCUT2D eigenvalue weighted by molar-refractivity contribution is 7.99. The van der Waals surface area contributed by atoms with E-state index in [0.717, 1.165) is 42.3 Å². The average molecular weight is 456 g/mol. The molecule has 2 heterocycles. The molecule has 1 aromatic heterocycles. The summed E-state index contributed by atoms with van der Waals surface area (Å²) < 4.78 is 27.1. The molecule has 2 unspecified atom stereocenters. The van der Waals surface area contributed by atoms with E-state index in [1.165, 1.54) is 24.3 Å². The van der Waals surface area contributed by atoms with Gasteiger partial charge in [-0.05, 0) is 54.4 Å². The predicted octanol–water partition coefficient (Wildman–Crippen LogP) is 4.57. The molecule has 4 rings (SSSR count). The first-order valence-electron chi connectivity index (χ1n) is 10.8. The van der Waals surface area contributed by atoms with Crippen LogP contribution in [0.4, 0.5) is 8.78 Å². The SMILES string of the molecule is CC(O)C(Sc1ccccn1)N1CCN(C(c2ccc(F)cc2)c2ccc(F)cc2)CC1. The van der Waals surface area contributed by atoms with E-state index in [-0.39, 0.29) is 23.1 Å². The van der Waals surface area contributed by atoms with Crippen molar-refractivity contribution in [2.75, 3.05) is 26.2 Å². The van der Waals surface area contributed by atoms with Crippen LogP contribution < -0.4 is 0 Å². The van der Waals surface area contributed by atoms with E-state index in [2.05, 4.69) is 14.8 Å². The van der Waals surface area contributed by atoms with Gasteiger partial charge in [0.1, 0.15) is 11.6 Å². The third kappa shape index (κ3) is 5.53. The highest BCUT2D eigenvalue weighted by Crippen LogP contribution is 2.32. The summed E-state index contributed by atoms with van der Waals surface area (Å²) in [4.78, 5) is 9.01. The molecule has 1 aliphatic heterocycles. The summed E-state index contributed by atoms with van der Waals surface area (Å²) in [5.41, 5.74) is 1.95. The Hall–Kier alpha value is -2.32. The summed E-state index contributed by atoms with van der Waals surface area (Å²) in [6.07, 6.45) is 1.24. The Kier molecular flexibility index (Phi) is 7.52. The summed E-state index contributed by atoms with van der Waals surface area (Å²) in [6, 6.07) is 18.7. The van der Waals surface area contributed by atoms with Crippen molar-refractivity contribution in [3.63, 3.8) is 0 Å². The van der Waals surface area contributed by atoms with Crippen LogP contribution in [-0.4, -0.2) is 57.5 Å². The lowest BCUT2D eigenvalue weighted by Crippen LogP contribution is -2.52. The highest BCUT2D eigenvalue weighted by Gasteiger charge is 2.31. The summed E-state index contributed by atoms with van der Waals surface area (Å²) in [5, 5.41) is 11.2. The zero-order valence-corrected chi connectivity index (χ0v) is 18.8. The lowest BCUT2D eigenvalue weighted by molar-refractivity contribution is 0.0555. The summed E-state index contributed by atoms with van der Waals surface area (Å²) in [5.74, 6) is -0.550. The lowest BCUT2D eigenvalue weighted by atomic mass is 9.96. The first kappa shape index (κ1) is 22.9. The first-order valence-corrected chi connectivity index (χ1v) is 11.6. The molecule has 0 bridgehead atoms. The number of pyridine rings is 1. The Bertz CT molecular complexity index is 933. The number of halogens is 2. The maximum atomic E-state index is 13.5. The van der Waals surface area contributed by atoms with Gasteiger partial charge in [-0.25, -0.2) is 13.8 Å². The number of aromatic nitrogens is 1. The van der Waals surface area contributed by atoms with Gasteiger partial charge in [-0.1, -0.05) is 42.1 Å². The first-order chi connectivity index (χ1) is 15.5. The van der Waals surface area contributed by atoms with Crippen LogP contribution >= 0.6 is 11.8 Å². The number of nitrogens with zero attached hydrogens (tertiary/aromatic N) is 3. The quantitative estimate of drug-likeness (QED) is 0.529. The third-order valence-corrected chi connectivity index (χ3v) is 7.15. The standard InChI is InChI=1S/C25H27F2N3OS/c1-18(31)25(32-23-4-2-3-13-28-23)30-16-14-29(15-17-30)24(19-5-9-21(26)10-6-19)20-7-11-22(27)12-8-20/h2-13,18,24-25,31H,14-17H2,1H3. The Morgan fingerprint density at radius 3 is 1.81 bits per heavy atom. The van der Waals surface area contributed by atoms with E-state index in [4.69, 9.17) is 0 Å². The lowest BCUT2D eigenvalue weighted by Gasteiger charge is -2.43. The number of aliphatic hydroxyl groups excluding tert-OH is 1. The van der Waals surface area contributed by atoms with E-state index in [1.54, 1.807) is 42.2 Å². The van der Waals surface area contributed by atoms with Crippen LogP contribution in [0.1, 0.15) is 24.1 Å². The minimum atomic E-state index is -0.515. The summed E-state index contributed by atoms with van der Waals surface area (Å²) in [7, 11) is 0. The number of rotatable bonds is 7. The van der Waals surface area contributed by atoms with Gasteiger partial charge in [0.05, 0.1) is 22.5 Å². The van der Waals surface area contributed by atoms with Gasteiger partial charge in [-0.15, -0.1) is 0 Å². The van der Waals surface area contributed by atoms with E-state index in [1.807, 2.05) is 25.1 Å². The van der Waals surface area contributed by atoms with Crippen molar-refractivity contribution in [3.05, 3.63) is 95.7 Å². The Balaban J connectivity index is 1.51. The fourth-order valence-corrected chi connectivity index (χ4v) is 5.26. The molecule has 0 spiro atoms. The minimum absolute atomic E-state index is 0.0909. The average Bonchev–Trinajstić information content (AvgIpc) is 2.81. The van der Waals surface area contributed by atoms with E-state index in [0.29, 0.717) is 0 Å². The smallest absolute Gasteiger partial charge is 0.123 e. The Labute approximate surface area is 191 Å². The van der Waals surface area contributed by atoms with E-state index >= 15 is 0 Å². The van der Waals surface area contributed by atoms with Gasteiger partial charge in [0.15, 0.2) is 0 Å². The second kappa shape index (κ2) is 10.5. The second-order valence-electron chi connectivity index (χ2n) is 7.99. The van der Waals surface area contributed by atoms with Crippen LogP contribution in [-0.2, 0) is 0 Å². The van der Waals surface area contributed by atoms with Crippen molar-refractivity contribution in [1.29, 1.82) is 0 Å². The molecule has 0 radical (unpaired) electrons. The summed E-state index contributed by atoms with van der Waals surface area (Å²) in [6.45, 7) is 4.90. The fourth-order valence-electron chi connectivity index (χ4n) is 4.17. The number of thioether (sulfide) groups is 1. The van der Waals surface area contributed by atoms with Gasteiger partial charge >= 0.3 is 0 Å². The van der Waals surface area contributed by atoms with Gasteiger partial charge in [0.25, 0.3) is 0 Å². The van der Waals surface area contributed by atoms with Crippen molar-refractivity contribution in [2.24, 2.45) is 0 Å². The maximum Gasteiger partial charge on any atom is 0.123 e. The molecule has 7 heteroatoms. The molecule has 2 atom stereocenters. The van der Waals surface area contributed by atoms with Crippen LogP contribution in [0.2, 0.25) is 0 Å². The molecule has 1 fully saturated rings. The second-order valence-corrected chi connectivity index (χ2v) is 9.13. The molecule has 0 amide bonds. The predicted molar refractivity (Wildman–Crippen MR) is 123 cm³/mol. The van der Waals surface area contributed by atoms with E-state index < -0.39 is 6.10 Å². The van der Waals surface area contributed by atoms with Crippen molar-refractivity contribution < 1.29 is 13.9 Å². The van der Waals surface area contributed by atoms with E-state index in [9.17, 15) is 13.9 Å². The Morgan fingerprint density at radius 1 is 0.812 bits per heavy atom. The topological polar surface area (TPSA) is 39.6 Å². The zero-order chi connectivity index (χ0) is 22.5. The molecule has 1 aliphatic rings. The van der Waals surface area contributed by atoms with Crippen molar-refractivity contribution >= 4 is 11.8 Å². The van der Waals surface area contributed by atoms with Crippen LogP contribution in [0.25, 0.3) is 0 Å². The van der Waals surface area contributed by atoms with Gasteiger partial charge in [-0.2, -0.15) is 0 Å². The number of piperazine rings is 1. The molecule has 2 aromatic carbocycles. The van der Waals surface area contributed by atoms with Gasteiger partial charge in [-0.3, -0.25) is 9.80 Å². The minimum Gasteiger partial charge on any atom is -0.391 e. The fraction of sp³-hybridized carbons (Fsp3) is 0.320. The molecule has 4 nitrogen and oxygen atoms in total. The van der Waals surface area contributed by atoms with Crippen LogP contribution in [0.3, 0.4) is 0 Å². The molecule has 168 valence electrons. The van der Waals surface area contributed by atoms with Crippen molar-refractivity contribution in [2.45, 2.75) is 29.5 Å². The molecule has 1 saturated heterocycles. The molecule has 3 aromatic rings. The van der Waals surface area contributed by atoms with Crippen LogP contribution in [0.5, 0.6) is 0 Å². The zero-order valence-electron chi connectivity index (χ0n) is 17.9. The molecular weight excluding hydrogens is 428 g/mol. The largest absolute Gasteiger partial charge is 0.391 e. The maximum absolute atomic E-state index is 13.5. The number of hydrogen-bond acceptors (Lipinski definition) is 5. The van der Waals surface area contributed by atoms with Crippen molar-refractivity contribution in [1.82, 2.24) is 14.8 Å². The van der Waals surface area contributed by atoms with Crippen LogP contribution in [0.15, 0.2) is 78.0 Å². The van der Waals surface area contributed by atoms with Crippen molar-refractivity contribution in [3.8, 4) is 0 Å². The number of benzene rings is 2. The van der Waals surface area contributed by atoms with Crippen LogP contribution in [0, 0.1) is 11.6 Å². The number of aliphatic hydroxyl groups is 1.